The monoisotopic (exact) mass is 308 g/mol. The molecule has 1 aromatic carbocycles. The Bertz CT molecular complexity index is 780. The number of carbonyl (C=O) groups excluding carboxylic acids is 1. The molecule has 0 spiro atoms. The van der Waals surface area contributed by atoms with Gasteiger partial charge in [0.2, 0.25) is 10.0 Å². The van der Waals surface area contributed by atoms with Crippen molar-refractivity contribution in [2.75, 3.05) is 16.3 Å². The average molecular weight is 308 g/mol. The molecule has 0 aliphatic carbocycles. The number of sulfonamides is 1. The van der Waals surface area contributed by atoms with Crippen LogP contribution in [0, 0.1) is 6.92 Å². The molecule has 0 saturated carbocycles. The maximum atomic E-state index is 12.2. The quantitative estimate of drug-likeness (QED) is 0.891. The van der Waals surface area contributed by atoms with E-state index in [1.54, 1.807) is 36.0 Å². The van der Waals surface area contributed by atoms with Crippen LogP contribution in [0.5, 0.6) is 0 Å². The van der Waals surface area contributed by atoms with E-state index >= 15 is 0 Å². The molecule has 0 saturated heterocycles. The van der Waals surface area contributed by atoms with Crippen molar-refractivity contribution in [3.05, 3.63) is 41.6 Å². The van der Waals surface area contributed by atoms with Gasteiger partial charge in [-0.2, -0.15) is 5.10 Å². The van der Waals surface area contributed by atoms with Crippen LogP contribution in [0.4, 0.5) is 11.5 Å². The van der Waals surface area contributed by atoms with Gasteiger partial charge in [0.15, 0.2) is 0 Å². The Kier molecular flexibility index (Phi) is 3.99. The highest BCUT2D eigenvalue weighted by atomic mass is 32.2. The van der Waals surface area contributed by atoms with Gasteiger partial charge in [0.1, 0.15) is 5.82 Å². The summed E-state index contributed by atoms with van der Waals surface area (Å²) in [6.07, 6.45) is 1.05. The highest BCUT2D eigenvalue weighted by Crippen LogP contribution is 2.14. The first kappa shape index (κ1) is 15.0. The van der Waals surface area contributed by atoms with E-state index in [1.807, 2.05) is 6.92 Å². The molecule has 0 fully saturated rings. The number of anilines is 2. The van der Waals surface area contributed by atoms with Crippen LogP contribution in [-0.2, 0) is 17.1 Å². The van der Waals surface area contributed by atoms with Crippen LogP contribution >= 0.6 is 0 Å². The first-order valence-corrected chi connectivity index (χ1v) is 8.03. The summed E-state index contributed by atoms with van der Waals surface area (Å²) in [6, 6.07) is 8.01. The Morgan fingerprint density at radius 1 is 1.29 bits per heavy atom. The molecule has 0 aliphatic heterocycles. The minimum Gasteiger partial charge on any atom is -0.307 e. The van der Waals surface area contributed by atoms with Crippen molar-refractivity contribution in [1.29, 1.82) is 0 Å². The zero-order valence-electron chi connectivity index (χ0n) is 11.9. The van der Waals surface area contributed by atoms with Gasteiger partial charge >= 0.3 is 0 Å². The second kappa shape index (κ2) is 5.57. The number of nitrogens with one attached hydrogen (secondary N) is 2. The lowest BCUT2D eigenvalue weighted by molar-refractivity contribution is 0.102. The number of hydrogen-bond donors (Lipinski definition) is 2. The minimum atomic E-state index is -3.38. The van der Waals surface area contributed by atoms with Gasteiger partial charge in [0.05, 0.1) is 11.9 Å². The summed E-state index contributed by atoms with van der Waals surface area (Å²) in [4.78, 5) is 12.2. The van der Waals surface area contributed by atoms with Crippen LogP contribution in [0.2, 0.25) is 0 Å². The van der Waals surface area contributed by atoms with Gasteiger partial charge in [-0.05, 0) is 25.1 Å². The number of rotatable bonds is 4. The van der Waals surface area contributed by atoms with Crippen molar-refractivity contribution < 1.29 is 13.2 Å². The predicted molar refractivity (Wildman–Crippen MR) is 80.8 cm³/mol. The standard InChI is InChI=1S/C13H16N4O3S/c1-9-7-12(17(2)15-9)14-13(18)10-5-4-6-11(8-10)16-21(3,19)20/h4-8,16H,1-3H3,(H,14,18). The Labute approximate surface area is 123 Å². The summed E-state index contributed by atoms with van der Waals surface area (Å²) >= 11 is 0. The molecule has 0 atom stereocenters. The van der Waals surface area contributed by atoms with Crippen LogP contribution in [0.15, 0.2) is 30.3 Å². The number of hydrogen-bond acceptors (Lipinski definition) is 4. The number of amides is 1. The third-order valence-corrected chi connectivity index (χ3v) is 3.28. The molecule has 8 heteroatoms. The van der Waals surface area contributed by atoms with E-state index in [1.165, 1.54) is 6.07 Å². The highest BCUT2D eigenvalue weighted by molar-refractivity contribution is 7.92. The van der Waals surface area contributed by atoms with E-state index < -0.39 is 10.0 Å². The molecule has 0 aliphatic rings. The third-order valence-electron chi connectivity index (χ3n) is 2.67. The van der Waals surface area contributed by atoms with Crippen molar-refractivity contribution in [2.24, 2.45) is 7.05 Å². The van der Waals surface area contributed by atoms with Crippen molar-refractivity contribution >= 4 is 27.4 Å². The summed E-state index contributed by atoms with van der Waals surface area (Å²) in [6.45, 7) is 1.83. The van der Waals surface area contributed by atoms with Crippen LogP contribution in [0.25, 0.3) is 0 Å². The second-order valence-electron chi connectivity index (χ2n) is 4.70. The molecule has 2 N–H and O–H groups in total. The summed E-state index contributed by atoms with van der Waals surface area (Å²) in [5, 5.41) is 6.86. The Morgan fingerprint density at radius 2 is 2.00 bits per heavy atom. The van der Waals surface area contributed by atoms with Gasteiger partial charge in [-0.25, -0.2) is 8.42 Å². The Balaban J connectivity index is 2.20. The number of nitrogens with zero attached hydrogens (tertiary/aromatic N) is 2. The zero-order chi connectivity index (χ0) is 15.6. The topological polar surface area (TPSA) is 93.1 Å². The van der Waals surface area contributed by atoms with Crippen molar-refractivity contribution in [2.45, 2.75) is 6.92 Å². The van der Waals surface area contributed by atoms with Crippen molar-refractivity contribution in [3.63, 3.8) is 0 Å². The Hall–Kier alpha value is -2.35. The SMILES string of the molecule is Cc1cc(NC(=O)c2cccc(NS(C)(=O)=O)c2)n(C)n1. The summed E-state index contributed by atoms with van der Waals surface area (Å²) in [5.41, 5.74) is 1.48. The maximum absolute atomic E-state index is 12.2. The van der Waals surface area contributed by atoms with E-state index in [0.29, 0.717) is 17.1 Å². The molecule has 1 aromatic heterocycles. The van der Waals surface area contributed by atoms with E-state index in [2.05, 4.69) is 15.1 Å². The first-order valence-electron chi connectivity index (χ1n) is 6.14. The molecule has 1 amide bonds. The molecule has 21 heavy (non-hydrogen) atoms. The van der Waals surface area contributed by atoms with Gasteiger partial charge in [0, 0.05) is 24.4 Å². The fourth-order valence-corrected chi connectivity index (χ4v) is 2.41. The van der Waals surface area contributed by atoms with Crippen LogP contribution in [0.1, 0.15) is 16.1 Å². The first-order chi connectivity index (χ1) is 9.74. The number of aromatic nitrogens is 2. The maximum Gasteiger partial charge on any atom is 0.256 e. The average Bonchev–Trinajstić information content (AvgIpc) is 2.66. The molecule has 2 rings (SSSR count). The smallest absolute Gasteiger partial charge is 0.256 e. The molecule has 112 valence electrons. The van der Waals surface area contributed by atoms with E-state index in [-0.39, 0.29) is 5.91 Å². The summed E-state index contributed by atoms with van der Waals surface area (Å²) in [5.74, 6) is 0.231. The molecular formula is C13H16N4O3S. The second-order valence-corrected chi connectivity index (χ2v) is 6.45. The minimum absolute atomic E-state index is 0.338. The summed E-state index contributed by atoms with van der Waals surface area (Å²) < 4.78 is 26.3. The fraction of sp³-hybridized carbons (Fsp3) is 0.231. The summed E-state index contributed by atoms with van der Waals surface area (Å²) in [7, 11) is -1.65. The lowest BCUT2D eigenvalue weighted by Gasteiger charge is -2.08. The molecule has 0 bridgehead atoms. The number of carbonyl (C=O) groups is 1. The fourth-order valence-electron chi connectivity index (χ4n) is 1.85. The van der Waals surface area contributed by atoms with Crippen LogP contribution in [-0.4, -0.2) is 30.4 Å². The third kappa shape index (κ3) is 4.06. The van der Waals surface area contributed by atoms with Gasteiger partial charge in [-0.15, -0.1) is 0 Å². The number of aryl methyl sites for hydroxylation is 2. The molecular weight excluding hydrogens is 292 g/mol. The van der Waals surface area contributed by atoms with Gasteiger partial charge in [0.25, 0.3) is 5.91 Å². The van der Waals surface area contributed by atoms with E-state index in [9.17, 15) is 13.2 Å². The molecule has 1 heterocycles. The molecule has 7 nitrogen and oxygen atoms in total. The van der Waals surface area contributed by atoms with Gasteiger partial charge < -0.3 is 5.32 Å². The van der Waals surface area contributed by atoms with Gasteiger partial charge in [-0.3, -0.25) is 14.2 Å². The lowest BCUT2D eigenvalue weighted by Crippen LogP contribution is -2.15. The van der Waals surface area contributed by atoms with Gasteiger partial charge in [-0.1, -0.05) is 6.07 Å². The van der Waals surface area contributed by atoms with E-state index in [4.69, 9.17) is 0 Å². The zero-order valence-corrected chi connectivity index (χ0v) is 12.7. The number of benzene rings is 1. The Morgan fingerprint density at radius 3 is 2.57 bits per heavy atom. The lowest BCUT2D eigenvalue weighted by atomic mass is 10.2. The van der Waals surface area contributed by atoms with Crippen molar-refractivity contribution in [3.8, 4) is 0 Å². The molecule has 0 radical (unpaired) electrons. The van der Waals surface area contributed by atoms with Crippen molar-refractivity contribution in [1.82, 2.24) is 9.78 Å². The highest BCUT2D eigenvalue weighted by Gasteiger charge is 2.11. The predicted octanol–water partition coefficient (Wildman–Crippen LogP) is 1.35. The van der Waals surface area contributed by atoms with Crippen LogP contribution < -0.4 is 10.0 Å². The van der Waals surface area contributed by atoms with Crippen LogP contribution in [0.3, 0.4) is 0 Å². The van der Waals surface area contributed by atoms with E-state index in [0.717, 1.165) is 11.9 Å². The largest absolute Gasteiger partial charge is 0.307 e. The molecule has 2 aromatic rings. The normalized spacial score (nSPS) is 11.2. The molecule has 0 unspecified atom stereocenters.